The van der Waals surface area contributed by atoms with Gasteiger partial charge in [-0.05, 0) is 31.2 Å². The quantitative estimate of drug-likeness (QED) is 0.816. The van der Waals surface area contributed by atoms with Crippen molar-refractivity contribution in [2.75, 3.05) is 26.2 Å². The van der Waals surface area contributed by atoms with Crippen molar-refractivity contribution < 1.29 is 9.80 Å². The summed E-state index contributed by atoms with van der Waals surface area (Å²) in [5.74, 6) is 0.966. The minimum absolute atomic E-state index is 0.966. The molecule has 1 aromatic rings. The second-order valence-electron chi connectivity index (χ2n) is 7.48. The van der Waals surface area contributed by atoms with E-state index in [4.69, 9.17) is 0 Å². The Morgan fingerprint density at radius 1 is 1.05 bits per heavy atom. The Kier molecular flexibility index (Phi) is 4.97. The lowest BCUT2D eigenvalue weighted by molar-refractivity contribution is -1.03. The van der Waals surface area contributed by atoms with E-state index in [0.29, 0.717) is 0 Å². The van der Waals surface area contributed by atoms with Gasteiger partial charge in [0.15, 0.2) is 0 Å². The van der Waals surface area contributed by atoms with Crippen molar-refractivity contribution in [3.05, 3.63) is 35.4 Å². The van der Waals surface area contributed by atoms with Crippen molar-refractivity contribution in [2.45, 2.75) is 52.1 Å². The molecule has 0 spiro atoms. The number of hydrogen-bond acceptors (Lipinski definition) is 0. The van der Waals surface area contributed by atoms with Gasteiger partial charge in [0.25, 0.3) is 0 Å². The van der Waals surface area contributed by atoms with Gasteiger partial charge in [0.1, 0.15) is 32.7 Å². The molecular weight excluding hydrogens is 256 g/mol. The van der Waals surface area contributed by atoms with Crippen LogP contribution >= 0.6 is 0 Å². The summed E-state index contributed by atoms with van der Waals surface area (Å²) in [6, 6.07) is 9.87. The molecule has 3 rings (SSSR count). The molecule has 0 radical (unpaired) electrons. The van der Waals surface area contributed by atoms with E-state index in [1.807, 2.05) is 4.90 Å². The molecule has 2 atom stereocenters. The summed E-state index contributed by atoms with van der Waals surface area (Å²) in [7, 11) is 0. The fourth-order valence-corrected chi connectivity index (χ4v) is 4.39. The molecule has 2 fully saturated rings. The fourth-order valence-electron chi connectivity index (χ4n) is 4.39. The molecule has 1 heterocycles. The Morgan fingerprint density at radius 3 is 2.52 bits per heavy atom. The smallest absolute Gasteiger partial charge is 0.127 e. The average molecular weight is 288 g/mol. The molecule has 0 aromatic heterocycles. The first kappa shape index (κ1) is 15.1. The van der Waals surface area contributed by atoms with Gasteiger partial charge in [-0.25, -0.2) is 0 Å². The van der Waals surface area contributed by atoms with Gasteiger partial charge >= 0.3 is 0 Å². The van der Waals surface area contributed by atoms with Crippen molar-refractivity contribution in [2.24, 2.45) is 5.92 Å². The SMILES string of the molecule is Cc1ccccc1C[NH+]1CC[NH+]([C@@H]2CCC[C@H](C)C2)CC1. The largest absolute Gasteiger partial charge is 0.323 e. The van der Waals surface area contributed by atoms with E-state index in [-0.39, 0.29) is 0 Å². The molecule has 2 N–H and O–H groups in total. The normalized spacial score (nSPS) is 33.8. The maximum absolute atomic E-state index is 2.45. The number of rotatable bonds is 3. The zero-order valence-corrected chi connectivity index (χ0v) is 13.8. The molecule has 2 aliphatic rings. The summed E-state index contributed by atoms with van der Waals surface area (Å²) in [5.41, 5.74) is 3.00. The van der Waals surface area contributed by atoms with Crippen LogP contribution in [-0.4, -0.2) is 32.2 Å². The van der Waals surface area contributed by atoms with Gasteiger partial charge in [0.2, 0.25) is 0 Å². The van der Waals surface area contributed by atoms with Crippen LogP contribution in [0.15, 0.2) is 24.3 Å². The molecule has 21 heavy (non-hydrogen) atoms. The minimum Gasteiger partial charge on any atom is -0.323 e. The van der Waals surface area contributed by atoms with E-state index in [9.17, 15) is 0 Å². The molecule has 0 bridgehead atoms. The first-order chi connectivity index (χ1) is 10.2. The predicted molar refractivity (Wildman–Crippen MR) is 87.7 cm³/mol. The Morgan fingerprint density at radius 2 is 1.81 bits per heavy atom. The van der Waals surface area contributed by atoms with Crippen molar-refractivity contribution in [3.63, 3.8) is 0 Å². The Hall–Kier alpha value is -0.860. The summed E-state index contributed by atoms with van der Waals surface area (Å²) < 4.78 is 0. The second kappa shape index (κ2) is 6.93. The Labute approximate surface area is 130 Å². The van der Waals surface area contributed by atoms with E-state index < -0.39 is 0 Å². The third-order valence-corrected chi connectivity index (χ3v) is 5.81. The van der Waals surface area contributed by atoms with E-state index >= 15 is 0 Å². The number of piperazine rings is 1. The van der Waals surface area contributed by atoms with Gasteiger partial charge in [-0.1, -0.05) is 37.6 Å². The molecule has 0 unspecified atom stereocenters. The van der Waals surface area contributed by atoms with E-state index in [0.717, 1.165) is 12.0 Å². The molecule has 1 aromatic carbocycles. The van der Waals surface area contributed by atoms with E-state index in [1.54, 1.807) is 10.5 Å². The summed E-state index contributed by atoms with van der Waals surface area (Å²) in [6.45, 7) is 11.4. The van der Waals surface area contributed by atoms with E-state index in [1.165, 1.54) is 64.0 Å². The molecular formula is C19H32N2+2. The number of aryl methyl sites for hydroxylation is 1. The predicted octanol–water partition coefficient (Wildman–Crippen LogP) is 0.857. The highest BCUT2D eigenvalue weighted by Gasteiger charge is 2.32. The summed E-state index contributed by atoms with van der Waals surface area (Å²) in [4.78, 5) is 3.70. The van der Waals surface area contributed by atoms with Crippen LogP contribution in [0, 0.1) is 12.8 Å². The molecule has 2 heteroatoms. The summed E-state index contributed by atoms with van der Waals surface area (Å²) in [6.07, 6.45) is 5.89. The highest BCUT2D eigenvalue weighted by molar-refractivity contribution is 5.24. The van der Waals surface area contributed by atoms with Gasteiger partial charge in [-0.2, -0.15) is 0 Å². The summed E-state index contributed by atoms with van der Waals surface area (Å²) in [5, 5.41) is 0. The standard InChI is InChI=1S/C19H30N2/c1-16-6-5-9-19(14-16)21-12-10-20(11-13-21)15-18-8-4-3-7-17(18)2/h3-4,7-8,16,19H,5-6,9-15H2,1-2H3/p+2/t16-,19+/m0/s1. The van der Waals surface area contributed by atoms with Crippen LogP contribution in [-0.2, 0) is 6.54 Å². The average Bonchev–Trinajstić information content (AvgIpc) is 2.50. The van der Waals surface area contributed by atoms with Crippen molar-refractivity contribution in [1.82, 2.24) is 0 Å². The Balaban J connectivity index is 1.50. The van der Waals surface area contributed by atoms with Crippen molar-refractivity contribution in [3.8, 4) is 0 Å². The summed E-state index contributed by atoms with van der Waals surface area (Å²) >= 11 is 0. The minimum atomic E-state index is 0.966. The van der Waals surface area contributed by atoms with Crippen LogP contribution < -0.4 is 9.80 Å². The number of hydrogen-bond donors (Lipinski definition) is 2. The number of benzene rings is 1. The topological polar surface area (TPSA) is 8.88 Å². The monoisotopic (exact) mass is 288 g/mol. The molecule has 1 aliphatic carbocycles. The van der Waals surface area contributed by atoms with Crippen LogP contribution in [0.4, 0.5) is 0 Å². The molecule has 116 valence electrons. The van der Waals surface area contributed by atoms with Gasteiger partial charge in [-0.3, -0.25) is 0 Å². The maximum Gasteiger partial charge on any atom is 0.127 e. The van der Waals surface area contributed by atoms with E-state index in [2.05, 4.69) is 38.1 Å². The van der Waals surface area contributed by atoms with Crippen molar-refractivity contribution in [1.29, 1.82) is 0 Å². The second-order valence-corrected chi connectivity index (χ2v) is 7.48. The first-order valence-electron chi connectivity index (χ1n) is 8.95. The zero-order chi connectivity index (χ0) is 14.7. The van der Waals surface area contributed by atoms with Gasteiger partial charge in [-0.15, -0.1) is 0 Å². The van der Waals surface area contributed by atoms with Crippen LogP contribution in [0.3, 0.4) is 0 Å². The maximum atomic E-state index is 2.45. The van der Waals surface area contributed by atoms with Crippen LogP contribution in [0.25, 0.3) is 0 Å². The van der Waals surface area contributed by atoms with Crippen molar-refractivity contribution >= 4 is 0 Å². The van der Waals surface area contributed by atoms with Gasteiger partial charge in [0, 0.05) is 12.0 Å². The third-order valence-electron chi connectivity index (χ3n) is 5.81. The van der Waals surface area contributed by atoms with Gasteiger partial charge < -0.3 is 9.80 Å². The lowest BCUT2D eigenvalue weighted by Crippen LogP contribution is -3.29. The molecule has 1 saturated carbocycles. The Bertz CT molecular complexity index is 449. The van der Waals surface area contributed by atoms with Gasteiger partial charge in [0.05, 0.1) is 6.04 Å². The fraction of sp³-hybridized carbons (Fsp3) is 0.684. The highest BCUT2D eigenvalue weighted by atomic mass is 15.3. The third kappa shape index (κ3) is 3.87. The lowest BCUT2D eigenvalue weighted by atomic mass is 9.86. The van der Waals surface area contributed by atoms with Crippen LogP contribution in [0.2, 0.25) is 0 Å². The number of nitrogens with one attached hydrogen (secondary N) is 2. The zero-order valence-electron chi connectivity index (χ0n) is 13.8. The van der Waals surface area contributed by atoms with Crippen LogP contribution in [0.1, 0.15) is 43.7 Å². The van der Waals surface area contributed by atoms with Crippen LogP contribution in [0.5, 0.6) is 0 Å². The molecule has 1 aliphatic heterocycles. The molecule has 0 amide bonds. The molecule has 2 nitrogen and oxygen atoms in total. The highest BCUT2D eigenvalue weighted by Crippen LogP contribution is 2.21. The molecule has 1 saturated heterocycles. The first-order valence-corrected chi connectivity index (χ1v) is 8.95. The number of quaternary nitrogens is 2. The lowest BCUT2D eigenvalue weighted by Gasteiger charge is -2.37.